The number of rotatable bonds is 4. The molecule has 0 bridgehead atoms. The second-order valence-corrected chi connectivity index (χ2v) is 11.5. The molecule has 8 nitrogen and oxygen atoms in total. The lowest BCUT2D eigenvalue weighted by Crippen LogP contribution is -2.75. The molecule has 0 atom stereocenters. The summed E-state index contributed by atoms with van der Waals surface area (Å²) in [6, 6.07) is 3.77. The van der Waals surface area contributed by atoms with Crippen LogP contribution in [0.1, 0.15) is 54.6 Å². The monoisotopic (exact) mass is 475 g/mol. The minimum absolute atomic E-state index is 0.0437. The Kier molecular flexibility index (Phi) is 4.14. The maximum atomic E-state index is 13.0. The molecule has 3 aliphatic heterocycles. The highest BCUT2D eigenvalue weighted by atomic mass is 19.4. The van der Waals surface area contributed by atoms with Crippen molar-refractivity contribution < 1.29 is 18.0 Å². The fourth-order valence-electron chi connectivity index (χ4n) is 6.74. The number of likely N-dealkylation sites (tertiary alicyclic amines) is 3. The van der Waals surface area contributed by atoms with E-state index < -0.39 is 6.30 Å². The Morgan fingerprint density at radius 2 is 1.71 bits per heavy atom. The van der Waals surface area contributed by atoms with E-state index in [1.54, 1.807) is 0 Å². The standard InChI is InChI=1S/C23H28F3N7O/c24-23(25,26)33-17(3-4-27-33)8-30-9-22(10-30)13-32(14-22)20(34)31-11-21(12-31)6-16(7-21)19-5-18(28-29-19)15-1-2-15/h3-5,15-16H,1-2,6-14H2,(H,28,29). The number of aromatic amines is 1. The van der Waals surface area contributed by atoms with Gasteiger partial charge in [0.05, 0.1) is 11.4 Å². The van der Waals surface area contributed by atoms with Gasteiger partial charge < -0.3 is 9.80 Å². The second-order valence-electron chi connectivity index (χ2n) is 11.5. The largest absolute Gasteiger partial charge is 0.504 e. The number of carbonyl (C=O) groups is 1. The van der Waals surface area contributed by atoms with E-state index in [0.717, 1.165) is 39.0 Å². The van der Waals surface area contributed by atoms with Crippen molar-refractivity contribution in [3.8, 4) is 0 Å². The molecule has 0 radical (unpaired) electrons. The van der Waals surface area contributed by atoms with E-state index in [-0.39, 0.29) is 33.8 Å². The number of urea groups is 1. The van der Waals surface area contributed by atoms with E-state index in [2.05, 4.69) is 21.4 Å². The molecule has 2 amide bonds. The summed E-state index contributed by atoms with van der Waals surface area (Å²) in [5.74, 6) is 1.21. The lowest BCUT2D eigenvalue weighted by atomic mass is 9.57. The number of hydrogen-bond donors (Lipinski definition) is 1. The van der Waals surface area contributed by atoms with Gasteiger partial charge in [0, 0.05) is 80.4 Å². The number of hydrogen-bond acceptors (Lipinski definition) is 4. The van der Waals surface area contributed by atoms with Crippen LogP contribution in [0.5, 0.6) is 0 Å². The minimum atomic E-state index is -4.49. The number of nitrogens with zero attached hydrogens (tertiary/aromatic N) is 6. The third kappa shape index (κ3) is 3.26. The Bertz CT molecular complexity index is 1110. The third-order valence-electron chi connectivity index (χ3n) is 8.52. The molecule has 2 aromatic rings. The lowest BCUT2D eigenvalue weighted by Gasteiger charge is -2.63. The Hall–Kier alpha value is -2.56. The Labute approximate surface area is 195 Å². The third-order valence-corrected chi connectivity index (χ3v) is 8.52. The van der Waals surface area contributed by atoms with Gasteiger partial charge in [-0.2, -0.15) is 14.9 Å². The predicted octanol–water partition coefficient (Wildman–Crippen LogP) is 3.08. The molecule has 2 aliphatic carbocycles. The fourth-order valence-corrected chi connectivity index (χ4v) is 6.74. The lowest BCUT2D eigenvalue weighted by molar-refractivity contribution is -0.215. The van der Waals surface area contributed by atoms with Crippen LogP contribution >= 0.6 is 0 Å². The maximum absolute atomic E-state index is 13.0. The molecular weight excluding hydrogens is 447 g/mol. The zero-order valence-electron chi connectivity index (χ0n) is 18.9. The van der Waals surface area contributed by atoms with Gasteiger partial charge in [-0.25, -0.2) is 4.79 Å². The summed E-state index contributed by atoms with van der Waals surface area (Å²) in [6.07, 6.45) is 1.46. The second kappa shape index (κ2) is 6.77. The van der Waals surface area contributed by atoms with E-state index in [1.165, 1.54) is 36.5 Å². The first-order chi connectivity index (χ1) is 16.2. The van der Waals surface area contributed by atoms with E-state index >= 15 is 0 Å². The summed E-state index contributed by atoms with van der Waals surface area (Å²) in [7, 11) is 0. The van der Waals surface area contributed by atoms with Gasteiger partial charge in [-0.3, -0.25) is 10.00 Å². The summed E-state index contributed by atoms with van der Waals surface area (Å²) in [5.41, 5.74) is 2.94. The van der Waals surface area contributed by atoms with Crippen LogP contribution < -0.4 is 0 Å². The topological polar surface area (TPSA) is 73.3 Å². The van der Waals surface area contributed by atoms with Crippen molar-refractivity contribution in [3.05, 3.63) is 35.4 Å². The van der Waals surface area contributed by atoms with Crippen LogP contribution in [0.2, 0.25) is 0 Å². The molecule has 3 saturated heterocycles. The molecule has 0 unspecified atom stereocenters. The Morgan fingerprint density at radius 3 is 2.35 bits per heavy atom. The van der Waals surface area contributed by atoms with Crippen LogP contribution in [-0.2, 0) is 12.8 Å². The first-order valence-corrected chi connectivity index (χ1v) is 12.1. The normalized spacial score (nSPS) is 25.7. The Balaban J connectivity index is 0.856. The zero-order valence-corrected chi connectivity index (χ0v) is 18.9. The van der Waals surface area contributed by atoms with Crippen molar-refractivity contribution in [1.29, 1.82) is 0 Å². The number of amides is 2. The zero-order chi connectivity index (χ0) is 23.3. The summed E-state index contributed by atoms with van der Waals surface area (Å²) in [6.45, 7) is 4.73. The smallest absolute Gasteiger partial charge is 0.323 e. The van der Waals surface area contributed by atoms with Gasteiger partial charge in [0.15, 0.2) is 0 Å². The van der Waals surface area contributed by atoms with Crippen LogP contribution in [0.3, 0.4) is 0 Å². The number of carbonyl (C=O) groups excluding carboxylic acids is 1. The van der Waals surface area contributed by atoms with Crippen molar-refractivity contribution in [1.82, 2.24) is 34.7 Å². The van der Waals surface area contributed by atoms with Crippen LogP contribution in [-0.4, -0.2) is 80.0 Å². The maximum Gasteiger partial charge on any atom is 0.504 e. The molecule has 7 rings (SSSR count). The highest BCUT2D eigenvalue weighted by molar-refractivity contribution is 5.77. The molecular formula is C23H28F3N7O. The quantitative estimate of drug-likeness (QED) is 0.738. The molecule has 2 spiro atoms. The van der Waals surface area contributed by atoms with Gasteiger partial charge in [0.25, 0.3) is 0 Å². The van der Waals surface area contributed by atoms with Crippen LogP contribution in [0.25, 0.3) is 0 Å². The van der Waals surface area contributed by atoms with Crippen molar-refractivity contribution >= 4 is 6.03 Å². The van der Waals surface area contributed by atoms with Crippen molar-refractivity contribution in [2.75, 3.05) is 39.3 Å². The van der Waals surface area contributed by atoms with Gasteiger partial charge in [-0.1, -0.05) is 0 Å². The summed E-state index contributed by atoms with van der Waals surface area (Å²) in [4.78, 5) is 18.7. The minimum Gasteiger partial charge on any atom is -0.323 e. The van der Waals surface area contributed by atoms with Gasteiger partial charge in [-0.05, 0) is 37.8 Å². The fraction of sp³-hybridized carbons (Fsp3) is 0.696. The average Bonchev–Trinajstić information content (AvgIpc) is 3.19. The number of H-pyrrole nitrogens is 1. The Morgan fingerprint density at radius 1 is 1.03 bits per heavy atom. The predicted molar refractivity (Wildman–Crippen MR) is 115 cm³/mol. The molecule has 182 valence electrons. The van der Waals surface area contributed by atoms with Crippen LogP contribution in [0.15, 0.2) is 18.3 Å². The van der Waals surface area contributed by atoms with E-state index in [4.69, 9.17) is 0 Å². The van der Waals surface area contributed by atoms with Crippen molar-refractivity contribution in [3.63, 3.8) is 0 Å². The highest BCUT2D eigenvalue weighted by Gasteiger charge is 2.58. The summed E-state index contributed by atoms with van der Waals surface area (Å²) < 4.78 is 39.1. The van der Waals surface area contributed by atoms with Gasteiger partial charge in [0.2, 0.25) is 0 Å². The molecule has 11 heteroatoms. The molecule has 5 fully saturated rings. The number of nitrogens with one attached hydrogen (secondary N) is 1. The number of aromatic nitrogens is 4. The molecule has 5 aliphatic rings. The van der Waals surface area contributed by atoms with Crippen LogP contribution in [0, 0.1) is 10.8 Å². The van der Waals surface area contributed by atoms with Crippen molar-refractivity contribution in [2.45, 2.75) is 50.4 Å². The molecule has 1 N–H and O–H groups in total. The number of halogens is 3. The van der Waals surface area contributed by atoms with Crippen LogP contribution in [0.4, 0.5) is 18.0 Å². The first kappa shape index (κ1) is 20.8. The average molecular weight is 476 g/mol. The number of alkyl halides is 3. The van der Waals surface area contributed by atoms with Gasteiger partial charge in [-0.15, -0.1) is 13.2 Å². The molecule has 34 heavy (non-hydrogen) atoms. The molecule has 5 heterocycles. The van der Waals surface area contributed by atoms with E-state index in [0.29, 0.717) is 24.9 Å². The highest BCUT2D eigenvalue weighted by Crippen LogP contribution is 2.56. The molecule has 0 aromatic carbocycles. The van der Waals surface area contributed by atoms with Gasteiger partial charge >= 0.3 is 12.3 Å². The van der Waals surface area contributed by atoms with Gasteiger partial charge in [0.1, 0.15) is 0 Å². The summed E-state index contributed by atoms with van der Waals surface area (Å²) >= 11 is 0. The molecule has 2 saturated carbocycles. The molecule has 2 aromatic heterocycles. The van der Waals surface area contributed by atoms with E-state index in [1.807, 2.05) is 14.7 Å². The SMILES string of the molecule is O=C(N1CC2(CC(c3cc(C4CC4)[nH]n3)C2)C1)N1CC2(CN(Cc3ccnn3C(F)(F)F)C2)C1. The summed E-state index contributed by atoms with van der Waals surface area (Å²) in [5, 5.41) is 11.1. The van der Waals surface area contributed by atoms with Crippen molar-refractivity contribution in [2.24, 2.45) is 10.8 Å². The first-order valence-electron chi connectivity index (χ1n) is 12.1. The van der Waals surface area contributed by atoms with E-state index in [9.17, 15) is 18.0 Å².